The van der Waals surface area contributed by atoms with E-state index in [0.717, 1.165) is 14.6 Å². The summed E-state index contributed by atoms with van der Waals surface area (Å²) in [6.45, 7) is 1.87. The van der Waals surface area contributed by atoms with Crippen molar-refractivity contribution in [3.8, 4) is 0 Å². The Hall–Kier alpha value is -1.08. The van der Waals surface area contributed by atoms with Crippen LogP contribution in [0.25, 0.3) is 10.2 Å². The number of nitrogens with zero attached hydrogens (tertiary/aromatic N) is 2. The molecule has 2 heterocycles. The number of fused-ring (bicyclic) bond motifs is 1. The van der Waals surface area contributed by atoms with Crippen molar-refractivity contribution in [1.82, 2.24) is 9.97 Å². The van der Waals surface area contributed by atoms with Crippen LogP contribution in [-0.2, 0) is 0 Å². The number of benzene rings is 1. The second kappa shape index (κ2) is 6.81. The summed E-state index contributed by atoms with van der Waals surface area (Å²) in [6.07, 6.45) is 3.47. The second-order valence-electron chi connectivity index (χ2n) is 4.84. The molecule has 120 valence electrons. The van der Waals surface area contributed by atoms with Gasteiger partial charge in [0.1, 0.15) is 5.82 Å². The molecule has 0 saturated carbocycles. The standard InChI is InChI=1S/C15H12Cl2FN3S2/c1-7(12-9(17)5-8(16)6-19-12)20-13-10(18)3-4-11-14(13)23-15(21-11)22-2/h3-7,20H,1-2H3. The third-order valence-electron chi connectivity index (χ3n) is 3.27. The van der Waals surface area contributed by atoms with Gasteiger partial charge in [0.25, 0.3) is 0 Å². The number of thioether (sulfide) groups is 1. The van der Waals surface area contributed by atoms with Crippen LogP contribution in [0.3, 0.4) is 0 Å². The summed E-state index contributed by atoms with van der Waals surface area (Å²) in [5.41, 5.74) is 1.80. The molecular weight excluding hydrogens is 376 g/mol. The minimum atomic E-state index is -0.328. The molecule has 8 heteroatoms. The number of thiazole rings is 1. The first-order chi connectivity index (χ1) is 11.0. The third-order valence-corrected chi connectivity index (χ3v) is 5.85. The van der Waals surface area contributed by atoms with Crippen LogP contribution < -0.4 is 5.32 Å². The molecule has 0 aliphatic heterocycles. The molecule has 23 heavy (non-hydrogen) atoms. The van der Waals surface area contributed by atoms with E-state index in [0.29, 0.717) is 21.4 Å². The van der Waals surface area contributed by atoms with Gasteiger partial charge >= 0.3 is 0 Å². The second-order valence-corrected chi connectivity index (χ2v) is 7.74. The molecule has 2 aromatic heterocycles. The molecule has 0 amide bonds. The van der Waals surface area contributed by atoms with E-state index in [1.807, 2.05) is 13.2 Å². The van der Waals surface area contributed by atoms with E-state index in [1.54, 1.807) is 12.1 Å². The van der Waals surface area contributed by atoms with E-state index in [4.69, 9.17) is 23.2 Å². The van der Waals surface area contributed by atoms with Crippen LogP contribution in [0.1, 0.15) is 18.7 Å². The summed E-state index contributed by atoms with van der Waals surface area (Å²) in [6, 6.07) is 4.45. The predicted molar refractivity (Wildman–Crippen MR) is 97.7 cm³/mol. The Morgan fingerprint density at radius 1 is 1.35 bits per heavy atom. The molecule has 1 N–H and O–H groups in total. The maximum absolute atomic E-state index is 14.3. The lowest BCUT2D eigenvalue weighted by Crippen LogP contribution is -2.10. The van der Waals surface area contributed by atoms with Crippen molar-refractivity contribution in [2.24, 2.45) is 0 Å². The Labute approximate surface area is 151 Å². The first-order valence-corrected chi connectivity index (χ1v) is 9.50. The Morgan fingerprint density at radius 3 is 2.83 bits per heavy atom. The molecule has 0 spiro atoms. The number of rotatable bonds is 4. The van der Waals surface area contributed by atoms with Gasteiger partial charge in [0.15, 0.2) is 4.34 Å². The molecule has 3 nitrogen and oxygen atoms in total. The average molecular weight is 388 g/mol. The molecule has 1 unspecified atom stereocenters. The summed E-state index contributed by atoms with van der Waals surface area (Å²) in [5, 5.41) is 4.07. The number of nitrogens with one attached hydrogen (secondary N) is 1. The van der Waals surface area contributed by atoms with Gasteiger partial charge in [-0.3, -0.25) is 4.98 Å². The Morgan fingerprint density at radius 2 is 2.13 bits per heavy atom. The SMILES string of the molecule is CSc1nc2ccc(F)c(NC(C)c3ncc(Cl)cc3Cl)c2s1. The minimum absolute atomic E-state index is 0.278. The van der Waals surface area contributed by atoms with E-state index in [2.05, 4.69) is 15.3 Å². The molecule has 1 aromatic carbocycles. The molecule has 0 fully saturated rings. The molecule has 3 rings (SSSR count). The van der Waals surface area contributed by atoms with Crippen LogP contribution in [-0.4, -0.2) is 16.2 Å². The monoisotopic (exact) mass is 387 g/mol. The highest BCUT2D eigenvalue weighted by molar-refractivity contribution is 8.00. The topological polar surface area (TPSA) is 37.8 Å². The zero-order valence-corrected chi connectivity index (χ0v) is 15.4. The van der Waals surface area contributed by atoms with Gasteiger partial charge in [0.2, 0.25) is 0 Å². The van der Waals surface area contributed by atoms with Crippen molar-refractivity contribution in [3.63, 3.8) is 0 Å². The fourth-order valence-corrected chi connectivity index (χ4v) is 4.31. The lowest BCUT2D eigenvalue weighted by atomic mass is 10.2. The fourth-order valence-electron chi connectivity index (χ4n) is 2.20. The summed E-state index contributed by atoms with van der Waals surface area (Å²) < 4.78 is 16.0. The molecule has 0 radical (unpaired) electrons. The largest absolute Gasteiger partial charge is 0.373 e. The van der Waals surface area contributed by atoms with Gasteiger partial charge in [-0.2, -0.15) is 0 Å². The Kier molecular flexibility index (Phi) is 4.96. The fraction of sp³-hybridized carbons (Fsp3) is 0.200. The van der Waals surface area contributed by atoms with Crippen LogP contribution in [0.15, 0.2) is 28.7 Å². The summed E-state index contributed by atoms with van der Waals surface area (Å²) in [5.74, 6) is -0.328. The quantitative estimate of drug-likeness (QED) is 0.554. The highest BCUT2D eigenvalue weighted by atomic mass is 35.5. The molecular formula is C15H12Cl2FN3S2. The zero-order chi connectivity index (χ0) is 16.6. The summed E-state index contributed by atoms with van der Waals surface area (Å²) in [4.78, 5) is 8.70. The number of aromatic nitrogens is 2. The van der Waals surface area contributed by atoms with E-state index in [1.165, 1.54) is 35.4 Å². The van der Waals surface area contributed by atoms with E-state index in [-0.39, 0.29) is 11.9 Å². The minimum Gasteiger partial charge on any atom is -0.373 e. The number of anilines is 1. The number of halogens is 3. The van der Waals surface area contributed by atoms with E-state index in [9.17, 15) is 4.39 Å². The van der Waals surface area contributed by atoms with Gasteiger partial charge < -0.3 is 5.32 Å². The van der Waals surface area contributed by atoms with Crippen molar-refractivity contribution >= 4 is 62.2 Å². The van der Waals surface area contributed by atoms with Crippen molar-refractivity contribution in [2.75, 3.05) is 11.6 Å². The van der Waals surface area contributed by atoms with Crippen LogP contribution >= 0.6 is 46.3 Å². The summed E-state index contributed by atoms with van der Waals surface area (Å²) in [7, 11) is 0. The third kappa shape index (κ3) is 3.40. The van der Waals surface area contributed by atoms with Crippen LogP contribution in [0.5, 0.6) is 0 Å². The Bertz CT molecular complexity index is 869. The van der Waals surface area contributed by atoms with Crippen molar-refractivity contribution < 1.29 is 4.39 Å². The van der Waals surface area contributed by atoms with Gasteiger partial charge in [-0.15, -0.1) is 11.3 Å². The smallest absolute Gasteiger partial charge is 0.150 e. The number of pyridine rings is 1. The van der Waals surface area contributed by atoms with Gasteiger partial charge in [-0.1, -0.05) is 35.0 Å². The zero-order valence-electron chi connectivity index (χ0n) is 12.2. The van der Waals surface area contributed by atoms with Gasteiger partial charge in [-0.25, -0.2) is 9.37 Å². The first kappa shape index (κ1) is 16.8. The maximum Gasteiger partial charge on any atom is 0.150 e. The maximum atomic E-state index is 14.3. The molecule has 0 saturated heterocycles. The van der Waals surface area contributed by atoms with E-state index >= 15 is 0 Å². The van der Waals surface area contributed by atoms with Crippen LogP contribution in [0.4, 0.5) is 10.1 Å². The lowest BCUT2D eigenvalue weighted by molar-refractivity contribution is 0.629. The van der Waals surface area contributed by atoms with Crippen molar-refractivity contribution in [1.29, 1.82) is 0 Å². The van der Waals surface area contributed by atoms with Crippen molar-refractivity contribution in [2.45, 2.75) is 17.3 Å². The average Bonchev–Trinajstić information content (AvgIpc) is 2.93. The van der Waals surface area contributed by atoms with Crippen LogP contribution in [0.2, 0.25) is 10.0 Å². The normalized spacial score (nSPS) is 12.6. The van der Waals surface area contributed by atoms with Crippen molar-refractivity contribution in [3.05, 3.63) is 46.0 Å². The molecule has 1 atom stereocenters. The van der Waals surface area contributed by atoms with Gasteiger partial charge in [-0.05, 0) is 31.4 Å². The lowest BCUT2D eigenvalue weighted by Gasteiger charge is -2.17. The first-order valence-electron chi connectivity index (χ1n) is 6.70. The van der Waals surface area contributed by atoms with E-state index < -0.39 is 0 Å². The molecule has 3 aromatic rings. The number of hydrogen-bond acceptors (Lipinski definition) is 5. The van der Waals surface area contributed by atoms with Gasteiger partial charge in [0, 0.05) is 6.20 Å². The molecule has 0 aliphatic carbocycles. The summed E-state index contributed by atoms with van der Waals surface area (Å²) >= 11 is 15.0. The van der Waals surface area contributed by atoms with Crippen LogP contribution in [0, 0.1) is 5.82 Å². The predicted octanol–water partition coefficient (Wildman–Crippen LogP) is 6.03. The van der Waals surface area contributed by atoms with Gasteiger partial charge in [0.05, 0.1) is 37.7 Å². The highest BCUT2D eigenvalue weighted by Crippen LogP contribution is 2.37. The highest BCUT2D eigenvalue weighted by Gasteiger charge is 2.17. The number of hydrogen-bond donors (Lipinski definition) is 1. The molecule has 0 aliphatic rings. The molecule has 0 bridgehead atoms. The Balaban J connectivity index is 2.00.